The lowest BCUT2D eigenvalue weighted by Crippen LogP contribution is -2.42. The Morgan fingerprint density at radius 1 is 1.33 bits per heavy atom. The van der Waals surface area contributed by atoms with E-state index in [-0.39, 0.29) is 18.1 Å². The maximum Gasteiger partial charge on any atom is 0.270 e. The third-order valence-electron chi connectivity index (χ3n) is 3.91. The number of nitrogens with one attached hydrogen (secondary N) is 1. The Morgan fingerprint density at radius 2 is 2.11 bits per heavy atom. The van der Waals surface area contributed by atoms with E-state index in [4.69, 9.17) is 9.15 Å². The van der Waals surface area contributed by atoms with E-state index in [2.05, 4.69) is 26.5 Å². The van der Waals surface area contributed by atoms with Crippen molar-refractivity contribution in [2.45, 2.75) is 0 Å². The molecule has 1 aromatic carbocycles. The zero-order valence-electron chi connectivity index (χ0n) is 14.3. The highest BCUT2D eigenvalue weighted by molar-refractivity contribution is 9.10. The smallest absolute Gasteiger partial charge is 0.270 e. The number of non-ortho nitro benzene ring substituents is 1. The van der Waals surface area contributed by atoms with E-state index in [0.717, 1.165) is 13.1 Å². The van der Waals surface area contributed by atoms with Gasteiger partial charge in [-0.1, -0.05) is 0 Å². The van der Waals surface area contributed by atoms with Crippen LogP contribution < -0.4 is 5.43 Å². The Hall–Kier alpha value is -2.56. The molecular formula is C17H17BrN4O5. The highest BCUT2D eigenvalue weighted by Gasteiger charge is 2.14. The molecule has 2 aromatic rings. The molecule has 1 aliphatic rings. The second-order valence-electron chi connectivity index (χ2n) is 5.80. The van der Waals surface area contributed by atoms with Crippen LogP contribution in [0.25, 0.3) is 11.3 Å². The van der Waals surface area contributed by atoms with Gasteiger partial charge in [-0.2, -0.15) is 5.10 Å². The van der Waals surface area contributed by atoms with Crippen molar-refractivity contribution >= 4 is 33.7 Å². The van der Waals surface area contributed by atoms with Crippen LogP contribution in [0.1, 0.15) is 5.76 Å². The number of nitro benzene ring substituents is 1. The maximum absolute atomic E-state index is 11.9. The van der Waals surface area contributed by atoms with Crippen molar-refractivity contribution in [3.63, 3.8) is 0 Å². The average Bonchev–Trinajstić information content (AvgIpc) is 3.11. The minimum atomic E-state index is -0.464. The molecule has 0 atom stereocenters. The Kier molecular flexibility index (Phi) is 6.32. The van der Waals surface area contributed by atoms with Crippen molar-refractivity contribution in [3.8, 4) is 11.3 Å². The number of halogens is 1. The number of rotatable bonds is 6. The van der Waals surface area contributed by atoms with Crippen molar-refractivity contribution < 1.29 is 18.9 Å². The molecule has 0 radical (unpaired) electrons. The minimum Gasteiger partial charge on any atom is -0.455 e. The second-order valence-corrected chi connectivity index (χ2v) is 6.66. The first-order valence-corrected chi connectivity index (χ1v) is 8.98. The summed E-state index contributed by atoms with van der Waals surface area (Å²) in [5, 5.41) is 14.7. The molecule has 1 fully saturated rings. The van der Waals surface area contributed by atoms with E-state index < -0.39 is 4.92 Å². The molecule has 1 amide bonds. The van der Waals surface area contributed by atoms with Gasteiger partial charge in [-0.05, 0) is 34.1 Å². The van der Waals surface area contributed by atoms with Crippen LogP contribution in [0.5, 0.6) is 0 Å². The average molecular weight is 437 g/mol. The molecule has 0 aliphatic carbocycles. The second kappa shape index (κ2) is 8.89. The van der Waals surface area contributed by atoms with E-state index in [0.29, 0.717) is 34.8 Å². The van der Waals surface area contributed by atoms with E-state index in [9.17, 15) is 14.9 Å². The lowest BCUT2D eigenvalue weighted by atomic mass is 10.1. The SMILES string of the molecule is O=C(CN1CCOCC1)N/N=C\c1ccc(-c2ccc([N+](=O)[O-])cc2Br)o1. The van der Waals surface area contributed by atoms with Crippen molar-refractivity contribution in [2.24, 2.45) is 5.10 Å². The number of furan rings is 1. The minimum absolute atomic E-state index is 0.0121. The fraction of sp³-hybridized carbons (Fsp3) is 0.294. The fourth-order valence-electron chi connectivity index (χ4n) is 2.55. The lowest BCUT2D eigenvalue weighted by Gasteiger charge is -2.25. The number of carbonyl (C=O) groups is 1. The van der Waals surface area contributed by atoms with E-state index in [1.165, 1.54) is 18.3 Å². The van der Waals surface area contributed by atoms with Gasteiger partial charge in [0.15, 0.2) is 0 Å². The first-order chi connectivity index (χ1) is 13.0. The number of benzene rings is 1. The number of nitrogens with zero attached hydrogens (tertiary/aromatic N) is 3. The van der Waals surface area contributed by atoms with Crippen LogP contribution in [-0.4, -0.2) is 54.8 Å². The largest absolute Gasteiger partial charge is 0.455 e. The van der Waals surface area contributed by atoms with Crippen LogP contribution in [-0.2, 0) is 9.53 Å². The Bertz CT molecular complexity index is 861. The third kappa shape index (κ3) is 5.22. The Morgan fingerprint density at radius 3 is 2.81 bits per heavy atom. The molecule has 0 spiro atoms. The van der Waals surface area contributed by atoms with Crippen LogP contribution in [0.3, 0.4) is 0 Å². The molecular weight excluding hydrogens is 420 g/mol. The summed E-state index contributed by atoms with van der Waals surface area (Å²) >= 11 is 3.31. The number of morpholine rings is 1. The van der Waals surface area contributed by atoms with Crippen molar-refractivity contribution in [2.75, 3.05) is 32.8 Å². The van der Waals surface area contributed by atoms with Gasteiger partial charge in [0.05, 0.1) is 30.9 Å². The van der Waals surface area contributed by atoms with E-state index in [1.54, 1.807) is 18.2 Å². The first kappa shape index (κ1) is 19.2. The van der Waals surface area contributed by atoms with Gasteiger partial charge in [0.1, 0.15) is 11.5 Å². The normalized spacial score (nSPS) is 15.1. The number of nitro groups is 1. The number of carbonyl (C=O) groups excluding carboxylic acids is 1. The predicted octanol–water partition coefficient (Wildman–Crippen LogP) is 2.40. The fourth-order valence-corrected chi connectivity index (χ4v) is 3.11. The lowest BCUT2D eigenvalue weighted by molar-refractivity contribution is -0.384. The number of hydrogen-bond acceptors (Lipinski definition) is 7. The summed E-state index contributed by atoms with van der Waals surface area (Å²) in [6, 6.07) is 7.84. The topological polar surface area (TPSA) is 110 Å². The molecule has 0 unspecified atom stereocenters. The summed E-state index contributed by atoms with van der Waals surface area (Å²) in [5.41, 5.74) is 3.13. The molecule has 9 nitrogen and oxygen atoms in total. The van der Waals surface area contributed by atoms with Crippen LogP contribution in [0.4, 0.5) is 5.69 Å². The van der Waals surface area contributed by atoms with Crippen LogP contribution in [0.15, 0.2) is 44.3 Å². The van der Waals surface area contributed by atoms with Gasteiger partial charge in [-0.25, -0.2) is 5.43 Å². The maximum atomic E-state index is 11.9. The Balaban J connectivity index is 1.58. The van der Waals surface area contributed by atoms with Crippen molar-refractivity contribution in [3.05, 3.63) is 50.7 Å². The molecule has 2 heterocycles. The predicted molar refractivity (Wildman–Crippen MR) is 101 cm³/mol. The number of hydrogen-bond donors (Lipinski definition) is 1. The van der Waals surface area contributed by atoms with Gasteiger partial charge < -0.3 is 9.15 Å². The first-order valence-electron chi connectivity index (χ1n) is 8.19. The van der Waals surface area contributed by atoms with E-state index >= 15 is 0 Å². The molecule has 1 saturated heterocycles. The molecule has 10 heteroatoms. The number of amides is 1. The summed E-state index contributed by atoms with van der Waals surface area (Å²) in [4.78, 5) is 24.2. The highest BCUT2D eigenvalue weighted by Crippen LogP contribution is 2.32. The molecule has 1 N–H and O–H groups in total. The van der Waals surface area contributed by atoms with Crippen LogP contribution in [0, 0.1) is 10.1 Å². The molecule has 0 bridgehead atoms. The number of hydrazone groups is 1. The third-order valence-corrected chi connectivity index (χ3v) is 4.56. The van der Waals surface area contributed by atoms with Crippen LogP contribution >= 0.6 is 15.9 Å². The molecule has 0 saturated carbocycles. The summed E-state index contributed by atoms with van der Waals surface area (Å²) < 4.78 is 11.4. The number of ether oxygens (including phenoxy) is 1. The van der Waals surface area contributed by atoms with Crippen molar-refractivity contribution in [1.29, 1.82) is 0 Å². The summed E-state index contributed by atoms with van der Waals surface area (Å²) in [7, 11) is 0. The van der Waals surface area contributed by atoms with Gasteiger partial charge in [0.2, 0.25) is 0 Å². The monoisotopic (exact) mass is 436 g/mol. The van der Waals surface area contributed by atoms with Gasteiger partial charge in [0, 0.05) is 35.3 Å². The van der Waals surface area contributed by atoms with Crippen molar-refractivity contribution in [1.82, 2.24) is 10.3 Å². The molecule has 1 aromatic heterocycles. The Labute approximate surface area is 163 Å². The molecule has 1 aliphatic heterocycles. The van der Waals surface area contributed by atoms with E-state index in [1.807, 2.05) is 4.90 Å². The quantitative estimate of drug-likeness (QED) is 0.422. The zero-order chi connectivity index (χ0) is 19.2. The molecule has 27 heavy (non-hydrogen) atoms. The zero-order valence-corrected chi connectivity index (χ0v) is 15.8. The summed E-state index contributed by atoms with van der Waals surface area (Å²) in [6.45, 7) is 2.97. The van der Waals surface area contributed by atoms with Gasteiger partial charge in [-0.3, -0.25) is 19.8 Å². The van der Waals surface area contributed by atoms with Gasteiger partial charge in [-0.15, -0.1) is 0 Å². The van der Waals surface area contributed by atoms with Crippen LogP contribution in [0.2, 0.25) is 0 Å². The standard InChI is InChI=1S/C17H17BrN4O5/c18-15-9-12(22(24)25)1-3-14(15)16-4-2-13(27-16)10-19-20-17(23)11-21-5-7-26-8-6-21/h1-4,9-10H,5-8,11H2,(H,20,23)/b19-10-. The van der Waals surface area contributed by atoms with Gasteiger partial charge in [0.25, 0.3) is 11.6 Å². The molecule has 3 rings (SSSR count). The summed E-state index contributed by atoms with van der Waals surface area (Å²) in [5.74, 6) is 0.762. The van der Waals surface area contributed by atoms with Gasteiger partial charge >= 0.3 is 0 Å². The molecule has 142 valence electrons. The summed E-state index contributed by atoms with van der Waals surface area (Å²) in [6.07, 6.45) is 1.40. The highest BCUT2D eigenvalue weighted by atomic mass is 79.9.